The molecule has 1 heterocycles. The van der Waals surface area contributed by atoms with E-state index in [1.54, 1.807) is 19.5 Å². The molecule has 0 aliphatic heterocycles. The normalized spacial score (nSPS) is 15.1. The molecule has 9 heteroatoms. The van der Waals surface area contributed by atoms with Gasteiger partial charge in [0, 0.05) is 56.7 Å². The number of carbonyl (C=O) groups is 1. The molecule has 0 bridgehead atoms. The Kier molecular flexibility index (Phi) is 15.7. The lowest BCUT2D eigenvalue weighted by Gasteiger charge is -2.30. The lowest BCUT2D eigenvalue weighted by atomic mass is 9.86. The summed E-state index contributed by atoms with van der Waals surface area (Å²) in [5.41, 5.74) is 9.29. The standard InChI is InChI=1S/C32H52N4O5/c1-7-23(4)29(19-35-26-11-13-34-14-12-26)36-32(38)27(22(2)3)18-30(37)28(33)21-40-20-25-10-9-24(5)31(17-25)41-16-8-15-39-6/h9-14,17,22-23,27-30,37H,7-8,15-16,18-21,33H2,1-6H3,(H,34,35)(H,36,38)/t23-,27-,28-,29+,30-/m0/s1. The molecule has 5 atom stereocenters. The highest BCUT2D eigenvalue weighted by molar-refractivity contribution is 5.79. The maximum atomic E-state index is 13.4. The molecule has 2 aromatic rings. The summed E-state index contributed by atoms with van der Waals surface area (Å²) in [4.78, 5) is 17.5. The molecule has 0 aliphatic rings. The van der Waals surface area contributed by atoms with Gasteiger partial charge in [-0.3, -0.25) is 9.78 Å². The number of pyridine rings is 1. The highest BCUT2D eigenvalue weighted by atomic mass is 16.5. The fourth-order valence-corrected chi connectivity index (χ4v) is 4.48. The summed E-state index contributed by atoms with van der Waals surface area (Å²) < 4.78 is 16.8. The Morgan fingerprint density at radius 1 is 1.12 bits per heavy atom. The number of rotatable bonds is 20. The number of nitrogens with zero attached hydrogens (tertiary/aromatic N) is 1. The van der Waals surface area contributed by atoms with Crippen LogP contribution < -0.4 is 21.1 Å². The van der Waals surface area contributed by atoms with Crippen LogP contribution in [0.5, 0.6) is 5.75 Å². The fraction of sp³-hybridized carbons (Fsp3) is 0.625. The van der Waals surface area contributed by atoms with Gasteiger partial charge in [-0.25, -0.2) is 0 Å². The Bertz CT molecular complexity index is 1010. The van der Waals surface area contributed by atoms with E-state index >= 15 is 0 Å². The number of aliphatic hydroxyl groups excluding tert-OH is 1. The van der Waals surface area contributed by atoms with Crippen molar-refractivity contribution in [2.24, 2.45) is 23.5 Å². The van der Waals surface area contributed by atoms with Crippen LogP contribution in [0.15, 0.2) is 42.7 Å². The van der Waals surface area contributed by atoms with Crippen LogP contribution in [0.1, 0.15) is 58.1 Å². The van der Waals surface area contributed by atoms with Crippen molar-refractivity contribution in [1.29, 1.82) is 0 Å². The third kappa shape index (κ3) is 12.4. The Hall–Kier alpha value is -2.72. The molecule has 1 aromatic carbocycles. The van der Waals surface area contributed by atoms with Crippen molar-refractivity contribution >= 4 is 11.6 Å². The summed E-state index contributed by atoms with van der Waals surface area (Å²) in [5, 5.41) is 17.6. The maximum absolute atomic E-state index is 13.4. The van der Waals surface area contributed by atoms with Gasteiger partial charge in [-0.2, -0.15) is 0 Å². The Labute approximate surface area is 246 Å². The molecule has 0 fully saturated rings. The number of amides is 1. The van der Waals surface area contributed by atoms with Gasteiger partial charge >= 0.3 is 0 Å². The highest BCUT2D eigenvalue weighted by Gasteiger charge is 2.30. The van der Waals surface area contributed by atoms with E-state index in [0.29, 0.717) is 26.4 Å². The molecule has 0 radical (unpaired) electrons. The first kappa shape index (κ1) is 34.5. The second-order valence-electron chi connectivity index (χ2n) is 11.2. The van der Waals surface area contributed by atoms with Crippen LogP contribution in [0.25, 0.3) is 0 Å². The number of ether oxygens (including phenoxy) is 3. The minimum atomic E-state index is -0.872. The number of nitrogens with one attached hydrogen (secondary N) is 2. The molecular weight excluding hydrogens is 520 g/mol. The Morgan fingerprint density at radius 2 is 1.85 bits per heavy atom. The minimum Gasteiger partial charge on any atom is -0.493 e. The predicted octanol–water partition coefficient (Wildman–Crippen LogP) is 4.32. The lowest BCUT2D eigenvalue weighted by Crippen LogP contribution is -2.49. The van der Waals surface area contributed by atoms with Gasteiger partial charge in [-0.05, 0) is 54.5 Å². The number of methoxy groups -OCH3 is 1. The monoisotopic (exact) mass is 572 g/mol. The SMILES string of the molecule is CC[C@H](C)[C@@H](CNc1ccncc1)NC(=O)[C@@H](C[C@H](O)[C@@H](N)COCc1ccc(C)c(OCCCOC)c1)C(C)C. The first-order valence-electron chi connectivity index (χ1n) is 14.8. The third-order valence-corrected chi connectivity index (χ3v) is 7.58. The van der Waals surface area contributed by atoms with E-state index in [1.165, 1.54) is 0 Å². The first-order chi connectivity index (χ1) is 19.7. The molecule has 9 nitrogen and oxygen atoms in total. The van der Waals surface area contributed by atoms with E-state index in [1.807, 2.05) is 51.1 Å². The molecular formula is C32H52N4O5. The van der Waals surface area contributed by atoms with Crippen LogP contribution in [-0.2, 0) is 20.9 Å². The van der Waals surface area contributed by atoms with Gasteiger partial charge in [0.15, 0.2) is 0 Å². The van der Waals surface area contributed by atoms with Crippen molar-refractivity contribution in [3.8, 4) is 5.75 Å². The van der Waals surface area contributed by atoms with Crippen molar-refractivity contribution in [2.45, 2.75) is 78.7 Å². The molecule has 0 unspecified atom stereocenters. The van der Waals surface area contributed by atoms with Crippen LogP contribution in [0.2, 0.25) is 0 Å². The molecule has 230 valence electrons. The van der Waals surface area contributed by atoms with Crippen molar-refractivity contribution in [3.63, 3.8) is 0 Å². The topological polar surface area (TPSA) is 128 Å². The first-order valence-corrected chi connectivity index (χ1v) is 14.8. The summed E-state index contributed by atoms with van der Waals surface area (Å²) >= 11 is 0. The summed E-state index contributed by atoms with van der Waals surface area (Å²) in [6, 6.07) is 9.11. The molecule has 0 saturated heterocycles. The number of anilines is 1. The number of benzene rings is 1. The van der Waals surface area contributed by atoms with E-state index < -0.39 is 12.1 Å². The zero-order valence-electron chi connectivity index (χ0n) is 25.8. The van der Waals surface area contributed by atoms with Crippen LogP contribution in [-0.4, -0.2) is 67.7 Å². The number of hydrogen-bond donors (Lipinski definition) is 4. The van der Waals surface area contributed by atoms with E-state index in [0.717, 1.165) is 35.4 Å². The van der Waals surface area contributed by atoms with Gasteiger partial charge in [-0.1, -0.05) is 46.2 Å². The average molecular weight is 573 g/mol. The summed E-state index contributed by atoms with van der Waals surface area (Å²) in [6.07, 6.45) is 4.62. The fourth-order valence-electron chi connectivity index (χ4n) is 4.48. The van der Waals surface area contributed by atoms with Crippen LogP contribution >= 0.6 is 0 Å². The predicted molar refractivity (Wildman–Crippen MR) is 164 cm³/mol. The number of aromatic nitrogens is 1. The molecule has 0 aliphatic carbocycles. The maximum Gasteiger partial charge on any atom is 0.223 e. The molecule has 0 spiro atoms. The van der Waals surface area contributed by atoms with Crippen molar-refractivity contribution in [1.82, 2.24) is 10.3 Å². The van der Waals surface area contributed by atoms with Crippen LogP contribution in [0, 0.1) is 24.7 Å². The molecule has 1 aromatic heterocycles. The van der Waals surface area contributed by atoms with Crippen molar-refractivity contribution in [2.75, 3.05) is 38.8 Å². The van der Waals surface area contributed by atoms with E-state index in [-0.39, 0.29) is 42.7 Å². The van der Waals surface area contributed by atoms with Gasteiger partial charge in [0.1, 0.15) is 5.75 Å². The second kappa shape index (κ2) is 18.7. The van der Waals surface area contributed by atoms with Crippen LogP contribution in [0.3, 0.4) is 0 Å². The second-order valence-corrected chi connectivity index (χ2v) is 11.2. The summed E-state index contributed by atoms with van der Waals surface area (Å²) in [6.45, 7) is 12.6. The zero-order valence-corrected chi connectivity index (χ0v) is 25.8. The number of carbonyl (C=O) groups excluding carboxylic acids is 1. The number of nitrogens with two attached hydrogens (primary N) is 1. The summed E-state index contributed by atoms with van der Waals surface area (Å²) in [5.74, 6) is 0.701. The minimum absolute atomic E-state index is 0.0402. The van der Waals surface area contributed by atoms with Crippen molar-refractivity contribution < 1.29 is 24.1 Å². The third-order valence-electron chi connectivity index (χ3n) is 7.58. The smallest absolute Gasteiger partial charge is 0.223 e. The van der Waals surface area contributed by atoms with E-state index in [9.17, 15) is 9.90 Å². The quantitative estimate of drug-likeness (QED) is 0.173. The van der Waals surface area contributed by atoms with E-state index in [2.05, 4.69) is 29.5 Å². The summed E-state index contributed by atoms with van der Waals surface area (Å²) in [7, 11) is 1.68. The van der Waals surface area contributed by atoms with Gasteiger partial charge < -0.3 is 35.7 Å². The molecule has 0 saturated carbocycles. The van der Waals surface area contributed by atoms with Gasteiger partial charge in [0.25, 0.3) is 0 Å². The number of aliphatic hydroxyl groups is 1. The Balaban J connectivity index is 1.89. The van der Waals surface area contributed by atoms with Crippen LogP contribution in [0.4, 0.5) is 5.69 Å². The highest BCUT2D eigenvalue weighted by Crippen LogP contribution is 2.22. The van der Waals surface area contributed by atoms with Crippen molar-refractivity contribution in [3.05, 3.63) is 53.9 Å². The largest absolute Gasteiger partial charge is 0.493 e. The number of hydrogen-bond acceptors (Lipinski definition) is 8. The molecule has 5 N–H and O–H groups in total. The number of aryl methyl sites for hydroxylation is 1. The Morgan fingerprint density at radius 3 is 2.51 bits per heavy atom. The van der Waals surface area contributed by atoms with Gasteiger partial charge in [-0.15, -0.1) is 0 Å². The van der Waals surface area contributed by atoms with E-state index in [4.69, 9.17) is 19.9 Å². The van der Waals surface area contributed by atoms with Gasteiger partial charge in [0.2, 0.25) is 5.91 Å². The lowest BCUT2D eigenvalue weighted by molar-refractivity contribution is -0.128. The molecule has 1 amide bonds. The molecule has 41 heavy (non-hydrogen) atoms. The average Bonchev–Trinajstić information content (AvgIpc) is 2.97. The van der Waals surface area contributed by atoms with Gasteiger partial charge in [0.05, 0.1) is 32.0 Å². The zero-order chi connectivity index (χ0) is 30.2. The molecule has 2 rings (SSSR count).